The molecule has 1 saturated carbocycles. The predicted molar refractivity (Wildman–Crippen MR) is 29.9 cm³/mol. The maximum absolute atomic E-state index is 5.55. The van der Waals surface area contributed by atoms with Crippen molar-refractivity contribution in [2.24, 2.45) is 0 Å². The molecule has 0 bridgehead atoms. The zero-order valence-electron chi connectivity index (χ0n) is 3.95. The summed E-state index contributed by atoms with van der Waals surface area (Å²) in [7, 11) is 1.61. The van der Waals surface area contributed by atoms with Gasteiger partial charge in [-0.15, -0.1) is 0 Å². The summed E-state index contributed by atoms with van der Waals surface area (Å²) in [6, 6.07) is 0. The molecule has 0 amide bonds. The van der Waals surface area contributed by atoms with Gasteiger partial charge in [0, 0.05) is 13.5 Å². The van der Waals surface area contributed by atoms with E-state index in [0.717, 1.165) is 6.42 Å². The predicted octanol–water partition coefficient (Wildman–Crippen LogP) is 1.58. The van der Waals surface area contributed by atoms with E-state index in [9.17, 15) is 0 Å². The van der Waals surface area contributed by atoms with Gasteiger partial charge in [-0.3, -0.25) is 0 Å². The van der Waals surface area contributed by atoms with E-state index in [0.29, 0.717) is 0 Å². The standard InChI is InChI=1S/C4H6Cl2O/c1-7-3-2-4(3,5)6/h3H,2H2,1H3/t3-/m1/s1. The Morgan fingerprint density at radius 2 is 2.14 bits per heavy atom. The molecule has 0 aliphatic heterocycles. The Hall–Kier alpha value is 0.540. The summed E-state index contributed by atoms with van der Waals surface area (Å²) in [6.07, 6.45) is 0.850. The van der Waals surface area contributed by atoms with E-state index in [4.69, 9.17) is 27.9 Å². The summed E-state index contributed by atoms with van der Waals surface area (Å²) >= 11 is 11.1. The van der Waals surface area contributed by atoms with E-state index in [2.05, 4.69) is 0 Å². The maximum Gasteiger partial charge on any atom is 0.146 e. The van der Waals surface area contributed by atoms with Gasteiger partial charge in [-0.2, -0.15) is 0 Å². The first-order valence-electron chi connectivity index (χ1n) is 2.07. The van der Waals surface area contributed by atoms with Gasteiger partial charge >= 0.3 is 0 Å². The molecule has 0 N–H and O–H groups in total. The van der Waals surface area contributed by atoms with Gasteiger partial charge in [0.25, 0.3) is 0 Å². The lowest BCUT2D eigenvalue weighted by atomic mass is 10.8. The van der Waals surface area contributed by atoms with Crippen molar-refractivity contribution in [3.05, 3.63) is 0 Å². The monoisotopic (exact) mass is 140 g/mol. The molecule has 0 aromatic carbocycles. The molecule has 1 aliphatic rings. The van der Waals surface area contributed by atoms with Crippen LogP contribution in [0.3, 0.4) is 0 Å². The molecule has 1 rings (SSSR count). The normalized spacial score (nSPS) is 35.6. The van der Waals surface area contributed by atoms with Crippen molar-refractivity contribution >= 4 is 23.2 Å². The van der Waals surface area contributed by atoms with Crippen LogP contribution in [0.15, 0.2) is 0 Å². The quantitative estimate of drug-likeness (QED) is 0.503. The summed E-state index contributed by atoms with van der Waals surface area (Å²) in [4.78, 5) is 0. The van der Waals surface area contributed by atoms with Crippen LogP contribution < -0.4 is 0 Å². The summed E-state index contributed by atoms with van der Waals surface area (Å²) < 4.78 is 4.25. The number of alkyl halides is 2. The first kappa shape index (κ1) is 5.67. The molecule has 3 heteroatoms. The Kier molecular flexibility index (Phi) is 1.22. The highest BCUT2D eigenvalue weighted by Gasteiger charge is 2.52. The van der Waals surface area contributed by atoms with Crippen molar-refractivity contribution in [3.63, 3.8) is 0 Å². The second-order valence-electron chi connectivity index (χ2n) is 1.69. The highest BCUT2D eigenvalue weighted by molar-refractivity contribution is 6.51. The fourth-order valence-electron chi connectivity index (χ4n) is 0.444. The average Bonchev–Trinajstić information content (AvgIpc) is 2.13. The van der Waals surface area contributed by atoms with E-state index in [1.165, 1.54) is 0 Å². The maximum atomic E-state index is 5.55. The lowest BCUT2D eigenvalue weighted by molar-refractivity contribution is 0.181. The van der Waals surface area contributed by atoms with Crippen molar-refractivity contribution < 1.29 is 4.74 Å². The zero-order chi connectivity index (χ0) is 5.49. The van der Waals surface area contributed by atoms with Crippen LogP contribution in [-0.4, -0.2) is 17.5 Å². The highest BCUT2D eigenvalue weighted by atomic mass is 35.5. The van der Waals surface area contributed by atoms with Crippen LogP contribution in [0.5, 0.6) is 0 Å². The van der Waals surface area contributed by atoms with E-state index in [1.54, 1.807) is 7.11 Å². The molecule has 42 valence electrons. The molecule has 0 unspecified atom stereocenters. The summed E-state index contributed by atoms with van der Waals surface area (Å²) in [6.45, 7) is 0. The fraction of sp³-hybridized carbons (Fsp3) is 1.00. The molecule has 1 aliphatic carbocycles. The van der Waals surface area contributed by atoms with E-state index in [1.807, 2.05) is 0 Å². The van der Waals surface area contributed by atoms with Crippen molar-refractivity contribution in [3.8, 4) is 0 Å². The second-order valence-corrected chi connectivity index (χ2v) is 3.23. The molecule has 1 fully saturated rings. The topological polar surface area (TPSA) is 9.23 Å². The van der Waals surface area contributed by atoms with Crippen molar-refractivity contribution in [1.82, 2.24) is 0 Å². The SMILES string of the molecule is CO[C@@H]1CC1(Cl)Cl. The summed E-state index contributed by atoms with van der Waals surface area (Å²) in [5.41, 5.74) is 0. The average molecular weight is 141 g/mol. The Morgan fingerprint density at radius 3 is 2.14 bits per heavy atom. The molecule has 0 spiro atoms. The fourth-order valence-corrected chi connectivity index (χ4v) is 0.902. The third-order valence-electron chi connectivity index (χ3n) is 1.05. The number of hydrogen-bond donors (Lipinski definition) is 0. The Morgan fingerprint density at radius 1 is 1.71 bits per heavy atom. The van der Waals surface area contributed by atoms with E-state index >= 15 is 0 Å². The van der Waals surface area contributed by atoms with Gasteiger partial charge in [0.15, 0.2) is 0 Å². The van der Waals surface area contributed by atoms with Crippen molar-refractivity contribution in [2.45, 2.75) is 16.9 Å². The number of halogens is 2. The van der Waals surface area contributed by atoms with Gasteiger partial charge < -0.3 is 4.74 Å². The number of rotatable bonds is 1. The van der Waals surface area contributed by atoms with E-state index in [-0.39, 0.29) is 6.10 Å². The molecule has 1 nitrogen and oxygen atoms in total. The first-order valence-corrected chi connectivity index (χ1v) is 2.83. The lowest BCUT2D eigenvalue weighted by Crippen LogP contribution is -1.96. The summed E-state index contributed by atoms with van der Waals surface area (Å²) in [5.74, 6) is 0. The number of ether oxygens (including phenoxy) is 1. The van der Waals surface area contributed by atoms with Crippen LogP contribution in [0.1, 0.15) is 6.42 Å². The smallest absolute Gasteiger partial charge is 0.146 e. The van der Waals surface area contributed by atoms with Crippen LogP contribution in [0.25, 0.3) is 0 Å². The van der Waals surface area contributed by atoms with Crippen molar-refractivity contribution in [2.75, 3.05) is 7.11 Å². The van der Waals surface area contributed by atoms with Crippen molar-refractivity contribution in [1.29, 1.82) is 0 Å². The van der Waals surface area contributed by atoms with Crippen LogP contribution in [0.4, 0.5) is 0 Å². The molecule has 7 heavy (non-hydrogen) atoms. The highest BCUT2D eigenvalue weighted by Crippen LogP contribution is 2.48. The van der Waals surface area contributed by atoms with Gasteiger partial charge in [0.05, 0.1) is 6.10 Å². The molecule has 1 atom stereocenters. The molecule has 0 aromatic heterocycles. The van der Waals surface area contributed by atoms with E-state index < -0.39 is 4.33 Å². The third-order valence-corrected chi connectivity index (χ3v) is 1.85. The summed E-state index contributed by atoms with van der Waals surface area (Å²) in [5, 5.41) is 0. The van der Waals surface area contributed by atoms with Crippen LogP contribution in [-0.2, 0) is 4.74 Å². The molecule has 0 aromatic rings. The molecule has 0 heterocycles. The third kappa shape index (κ3) is 1.01. The lowest BCUT2D eigenvalue weighted by Gasteiger charge is -1.92. The second kappa shape index (κ2) is 1.51. The minimum Gasteiger partial charge on any atom is -0.378 e. The van der Waals surface area contributed by atoms with Gasteiger partial charge in [-0.1, -0.05) is 23.2 Å². The largest absolute Gasteiger partial charge is 0.378 e. The minimum absolute atomic E-state index is 0.0795. The molecule has 0 radical (unpaired) electrons. The van der Waals surface area contributed by atoms with Crippen LogP contribution in [0, 0.1) is 0 Å². The molecular weight excluding hydrogens is 135 g/mol. The minimum atomic E-state index is -0.561. The Bertz CT molecular complexity index is 81.8. The number of methoxy groups -OCH3 is 1. The van der Waals surface area contributed by atoms with Gasteiger partial charge in [-0.25, -0.2) is 0 Å². The van der Waals surface area contributed by atoms with Gasteiger partial charge in [0.1, 0.15) is 4.33 Å². The van der Waals surface area contributed by atoms with Gasteiger partial charge in [0.2, 0.25) is 0 Å². The molecule has 0 saturated heterocycles. The van der Waals surface area contributed by atoms with Crippen LogP contribution >= 0.6 is 23.2 Å². The van der Waals surface area contributed by atoms with Crippen LogP contribution in [0.2, 0.25) is 0 Å². The van der Waals surface area contributed by atoms with Gasteiger partial charge in [-0.05, 0) is 0 Å². The molecular formula is C4H6Cl2O. The first-order chi connectivity index (χ1) is 3.17. The Balaban J connectivity index is 2.30. The number of hydrogen-bond acceptors (Lipinski definition) is 1. The zero-order valence-corrected chi connectivity index (χ0v) is 5.46. The Labute approximate surface area is 52.5 Å².